The molecule has 0 aliphatic carbocycles. The number of hydrogen-bond acceptors (Lipinski definition) is 3. The fourth-order valence-corrected chi connectivity index (χ4v) is 2.21. The fraction of sp³-hybridized carbons (Fsp3) is 0.0588. The summed E-state index contributed by atoms with van der Waals surface area (Å²) in [6.45, 7) is 1.72. The topological polar surface area (TPSA) is 65.9 Å². The minimum absolute atomic E-state index is 0.138. The van der Waals surface area contributed by atoms with E-state index in [0.717, 1.165) is 0 Å². The second kappa shape index (κ2) is 5.14. The van der Waals surface area contributed by atoms with Crippen LogP contribution < -0.4 is 10.2 Å². The molecule has 0 unspecified atom stereocenters. The van der Waals surface area contributed by atoms with Crippen molar-refractivity contribution in [3.05, 3.63) is 70.0 Å². The summed E-state index contributed by atoms with van der Waals surface area (Å²) in [5.41, 5.74) is 1.13. The number of aryl methyl sites for hydroxylation is 1. The van der Waals surface area contributed by atoms with Gasteiger partial charge in [-0.1, -0.05) is 18.2 Å². The Bertz CT molecular complexity index is 906. The number of nitrogens with one attached hydrogen (secondary N) is 1. The Morgan fingerprint density at radius 1 is 1.10 bits per heavy atom. The van der Waals surface area contributed by atoms with Crippen LogP contribution in [0, 0.1) is 18.3 Å². The minimum atomic E-state index is -0.276. The van der Waals surface area contributed by atoms with Crippen molar-refractivity contribution in [3.8, 4) is 17.6 Å². The highest BCUT2D eigenvalue weighted by molar-refractivity contribution is 5.81. The first-order chi connectivity index (χ1) is 10.2. The summed E-state index contributed by atoms with van der Waals surface area (Å²) in [6, 6.07) is 16.5. The van der Waals surface area contributed by atoms with Crippen molar-refractivity contribution in [2.75, 3.05) is 0 Å². The number of fused-ring (bicyclic) bond motifs is 1. The first-order valence-corrected chi connectivity index (χ1v) is 6.48. The van der Waals surface area contributed by atoms with Gasteiger partial charge in [0, 0.05) is 11.2 Å². The zero-order chi connectivity index (χ0) is 14.8. The van der Waals surface area contributed by atoms with Crippen LogP contribution in [0.15, 0.2) is 53.3 Å². The molecule has 0 radical (unpaired) electrons. The van der Waals surface area contributed by atoms with E-state index >= 15 is 0 Å². The van der Waals surface area contributed by atoms with Crippen LogP contribution in [0.2, 0.25) is 0 Å². The number of para-hydroxylation sites is 1. The molecule has 1 heterocycles. The molecule has 1 aromatic heterocycles. The summed E-state index contributed by atoms with van der Waals surface area (Å²) in [5, 5.41) is 9.51. The first-order valence-electron chi connectivity index (χ1n) is 6.48. The summed E-state index contributed by atoms with van der Waals surface area (Å²) in [5.74, 6) is 1.26. The van der Waals surface area contributed by atoms with Crippen LogP contribution in [-0.2, 0) is 0 Å². The maximum absolute atomic E-state index is 12.3. The van der Waals surface area contributed by atoms with Gasteiger partial charge in [-0.25, -0.2) is 0 Å². The predicted molar refractivity (Wildman–Crippen MR) is 80.5 cm³/mol. The molecule has 0 amide bonds. The molecule has 0 saturated heterocycles. The average Bonchev–Trinajstić information content (AvgIpc) is 2.49. The molecule has 4 heteroatoms. The summed E-state index contributed by atoms with van der Waals surface area (Å²) in [6.07, 6.45) is 0. The van der Waals surface area contributed by atoms with Gasteiger partial charge in [0.25, 0.3) is 0 Å². The highest BCUT2D eigenvalue weighted by Gasteiger charge is 2.09. The van der Waals surface area contributed by atoms with Gasteiger partial charge >= 0.3 is 0 Å². The second-order valence-electron chi connectivity index (χ2n) is 4.69. The third-order valence-electron chi connectivity index (χ3n) is 3.25. The normalized spacial score (nSPS) is 10.3. The number of aromatic amines is 1. The minimum Gasteiger partial charge on any atom is -0.457 e. The van der Waals surface area contributed by atoms with Crippen molar-refractivity contribution in [3.63, 3.8) is 0 Å². The number of nitriles is 1. The van der Waals surface area contributed by atoms with E-state index in [1.165, 1.54) is 0 Å². The molecule has 1 N–H and O–H groups in total. The standard InChI is InChI=1S/C17H12N2O2/c1-11-15(10-18)17(20)14-9-13(7-8-16(14)19-11)21-12-5-3-2-4-6-12/h2-9H,1H3,(H,19,20). The summed E-state index contributed by atoms with van der Waals surface area (Å²) >= 11 is 0. The average molecular weight is 276 g/mol. The molecule has 3 rings (SSSR count). The van der Waals surface area contributed by atoms with E-state index in [0.29, 0.717) is 28.1 Å². The smallest absolute Gasteiger partial charge is 0.207 e. The zero-order valence-corrected chi connectivity index (χ0v) is 11.4. The van der Waals surface area contributed by atoms with Crippen molar-refractivity contribution >= 4 is 10.9 Å². The van der Waals surface area contributed by atoms with Crippen LogP contribution in [0.4, 0.5) is 0 Å². The van der Waals surface area contributed by atoms with Crippen LogP contribution in [-0.4, -0.2) is 4.98 Å². The molecule has 2 aromatic carbocycles. The molecule has 0 aliphatic rings. The van der Waals surface area contributed by atoms with Crippen LogP contribution in [0.5, 0.6) is 11.5 Å². The number of ether oxygens (including phenoxy) is 1. The van der Waals surface area contributed by atoms with Crippen LogP contribution in [0.25, 0.3) is 10.9 Å². The molecule has 0 fully saturated rings. The van der Waals surface area contributed by atoms with Gasteiger partial charge in [-0.3, -0.25) is 4.79 Å². The van der Waals surface area contributed by atoms with Crippen LogP contribution >= 0.6 is 0 Å². The molecule has 3 aromatic rings. The predicted octanol–water partition coefficient (Wildman–Crippen LogP) is 3.50. The van der Waals surface area contributed by atoms with E-state index in [1.54, 1.807) is 25.1 Å². The summed E-state index contributed by atoms with van der Waals surface area (Å²) in [7, 11) is 0. The maximum Gasteiger partial charge on any atom is 0.207 e. The van der Waals surface area contributed by atoms with Crippen molar-refractivity contribution < 1.29 is 4.74 Å². The summed E-state index contributed by atoms with van der Waals surface area (Å²) < 4.78 is 5.71. The van der Waals surface area contributed by atoms with Crippen molar-refractivity contribution in [2.45, 2.75) is 6.92 Å². The second-order valence-corrected chi connectivity index (χ2v) is 4.69. The van der Waals surface area contributed by atoms with Crippen molar-refractivity contribution in [1.29, 1.82) is 5.26 Å². The molecule has 0 atom stereocenters. The van der Waals surface area contributed by atoms with Gasteiger partial charge in [0.15, 0.2) is 0 Å². The Morgan fingerprint density at radius 3 is 2.57 bits per heavy atom. The lowest BCUT2D eigenvalue weighted by molar-refractivity contribution is 0.483. The van der Waals surface area contributed by atoms with E-state index in [4.69, 9.17) is 10.00 Å². The fourth-order valence-electron chi connectivity index (χ4n) is 2.21. The highest BCUT2D eigenvalue weighted by atomic mass is 16.5. The number of hydrogen-bond donors (Lipinski definition) is 1. The molecule has 0 saturated carbocycles. The molecular formula is C17H12N2O2. The molecule has 4 nitrogen and oxygen atoms in total. The van der Waals surface area contributed by atoms with E-state index in [-0.39, 0.29) is 11.0 Å². The van der Waals surface area contributed by atoms with Gasteiger partial charge in [0.2, 0.25) is 5.43 Å². The van der Waals surface area contributed by atoms with Crippen LogP contribution in [0.3, 0.4) is 0 Å². The Balaban J connectivity index is 2.12. The monoisotopic (exact) mass is 276 g/mol. The SMILES string of the molecule is Cc1[nH]c2ccc(Oc3ccccc3)cc2c(=O)c1C#N. The van der Waals surface area contributed by atoms with E-state index in [1.807, 2.05) is 36.4 Å². The largest absolute Gasteiger partial charge is 0.457 e. The quantitative estimate of drug-likeness (QED) is 0.779. The van der Waals surface area contributed by atoms with Gasteiger partial charge in [0.1, 0.15) is 23.1 Å². The molecular weight excluding hydrogens is 264 g/mol. The Morgan fingerprint density at radius 2 is 1.86 bits per heavy atom. The molecule has 102 valence electrons. The zero-order valence-electron chi connectivity index (χ0n) is 11.4. The number of pyridine rings is 1. The number of rotatable bonds is 2. The van der Waals surface area contributed by atoms with Crippen molar-refractivity contribution in [2.24, 2.45) is 0 Å². The molecule has 0 bridgehead atoms. The van der Waals surface area contributed by atoms with Crippen molar-refractivity contribution in [1.82, 2.24) is 4.98 Å². The van der Waals surface area contributed by atoms with E-state index in [9.17, 15) is 4.79 Å². The maximum atomic E-state index is 12.3. The molecule has 0 aliphatic heterocycles. The number of aromatic nitrogens is 1. The molecule has 0 spiro atoms. The van der Waals surface area contributed by atoms with E-state index < -0.39 is 0 Å². The third-order valence-corrected chi connectivity index (χ3v) is 3.25. The van der Waals surface area contributed by atoms with Gasteiger partial charge in [-0.15, -0.1) is 0 Å². The number of nitrogens with zero attached hydrogens (tertiary/aromatic N) is 1. The van der Waals surface area contributed by atoms with Gasteiger partial charge in [-0.05, 0) is 37.3 Å². The summed E-state index contributed by atoms with van der Waals surface area (Å²) in [4.78, 5) is 15.4. The first kappa shape index (κ1) is 12.9. The number of H-pyrrole nitrogens is 1. The lowest BCUT2D eigenvalue weighted by atomic mass is 10.1. The van der Waals surface area contributed by atoms with E-state index in [2.05, 4.69) is 4.98 Å². The van der Waals surface area contributed by atoms with Gasteiger partial charge in [0.05, 0.1) is 5.39 Å². The van der Waals surface area contributed by atoms with Crippen LogP contribution in [0.1, 0.15) is 11.3 Å². The number of benzene rings is 2. The lowest BCUT2D eigenvalue weighted by Gasteiger charge is -2.07. The highest BCUT2D eigenvalue weighted by Crippen LogP contribution is 2.24. The molecule has 21 heavy (non-hydrogen) atoms. The Labute approximate surface area is 121 Å². The third kappa shape index (κ3) is 2.37. The Kier molecular flexibility index (Phi) is 3.17. The lowest BCUT2D eigenvalue weighted by Crippen LogP contribution is -2.10. The van der Waals surface area contributed by atoms with Gasteiger partial charge in [-0.2, -0.15) is 5.26 Å². The Hall–Kier alpha value is -3.06. The van der Waals surface area contributed by atoms with Gasteiger partial charge < -0.3 is 9.72 Å².